The highest BCUT2D eigenvalue weighted by molar-refractivity contribution is 5.74. The number of rotatable bonds is 4. The molecule has 0 aromatic heterocycles. The van der Waals surface area contributed by atoms with E-state index in [1.54, 1.807) is 6.92 Å². The van der Waals surface area contributed by atoms with Gasteiger partial charge in [0.1, 0.15) is 0 Å². The van der Waals surface area contributed by atoms with Gasteiger partial charge in [-0.3, -0.25) is 9.59 Å². The summed E-state index contributed by atoms with van der Waals surface area (Å²) in [6, 6.07) is 0. The van der Waals surface area contributed by atoms with E-state index in [1.165, 1.54) is 14.2 Å². The van der Waals surface area contributed by atoms with E-state index < -0.39 is 0 Å². The summed E-state index contributed by atoms with van der Waals surface area (Å²) in [5, 5.41) is 0. The summed E-state index contributed by atoms with van der Waals surface area (Å²) >= 11 is 0. The molecule has 1 unspecified atom stereocenters. The minimum absolute atomic E-state index is 0.0556. The molecule has 0 saturated heterocycles. The Morgan fingerprint density at radius 2 is 1.56 bits per heavy atom. The molecule has 0 spiro atoms. The summed E-state index contributed by atoms with van der Waals surface area (Å²) in [6.07, 6.45) is 0.493. The predicted molar refractivity (Wildman–Crippen MR) is 52.0 cm³/mol. The number of carbonyl (C=O) groups is 2. The van der Waals surface area contributed by atoms with Gasteiger partial charge in [0.15, 0.2) is 0 Å². The van der Waals surface area contributed by atoms with Gasteiger partial charge in [0, 0.05) is 6.42 Å². The molecule has 0 heterocycles. The molecule has 0 aliphatic carbocycles. The molecular formula is C10H16O6. The Kier molecular flexibility index (Phi) is 10.3. The lowest BCUT2D eigenvalue weighted by molar-refractivity contribution is -0.191. The highest BCUT2D eigenvalue weighted by atomic mass is 16.5. The Morgan fingerprint density at radius 3 is 1.88 bits per heavy atom. The SMILES string of the molecule is COC(=O)C[C@@H](C)C(C)C(=O)OC.O=C=O. The van der Waals surface area contributed by atoms with Crippen LogP contribution in [0.5, 0.6) is 0 Å². The number of hydrogen-bond donors (Lipinski definition) is 0. The largest absolute Gasteiger partial charge is 0.469 e. The van der Waals surface area contributed by atoms with Crippen LogP contribution in [0.2, 0.25) is 0 Å². The first-order valence-corrected chi connectivity index (χ1v) is 4.58. The van der Waals surface area contributed by atoms with Crippen molar-refractivity contribution in [2.75, 3.05) is 14.2 Å². The quantitative estimate of drug-likeness (QED) is 0.652. The second-order valence-electron chi connectivity index (χ2n) is 3.15. The van der Waals surface area contributed by atoms with E-state index in [2.05, 4.69) is 9.47 Å². The number of ether oxygens (including phenoxy) is 2. The molecule has 0 aromatic carbocycles. The predicted octanol–water partition coefficient (Wildman–Crippen LogP) is 0.411. The number of hydrogen-bond acceptors (Lipinski definition) is 6. The lowest BCUT2D eigenvalue weighted by atomic mass is 9.93. The van der Waals surface area contributed by atoms with E-state index in [9.17, 15) is 9.59 Å². The van der Waals surface area contributed by atoms with Crippen LogP contribution in [0.1, 0.15) is 20.3 Å². The molecular weight excluding hydrogens is 216 g/mol. The maximum absolute atomic E-state index is 11.0. The zero-order valence-electron chi connectivity index (χ0n) is 9.81. The third-order valence-electron chi connectivity index (χ3n) is 2.14. The van der Waals surface area contributed by atoms with Gasteiger partial charge in [-0.2, -0.15) is 9.59 Å². The van der Waals surface area contributed by atoms with Crippen LogP contribution in [0.4, 0.5) is 0 Å². The Balaban J connectivity index is 0. The number of carbonyl (C=O) groups excluding carboxylic acids is 4. The molecule has 6 nitrogen and oxygen atoms in total. The van der Waals surface area contributed by atoms with Crippen molar-refractivity contribution in [3.8, 4) is 0 Å². The first kappa shape index (κ1) is 16.7. The Bertz CT molecular complexity index is 254. The molecule has 2 atom stereocenters. The van der Waals surface area contributed by atoms with Gasteiger partial charge in [-0.25, -0.2) is 0 Å². The maximum Gasteiger partial charge on any atom is 0.373 e. The second kappa shape index (κ2) is 9.86. The number of methoxy groups -OCH3 is 2. The zero-order chi connectivity index (χ0) is 13.1. The van der Waals surface area contributed by atoms with Crippen LogP contribution < -0.4 is 0 Å². The van der Waals surface area contributed by atoms with Gasteiger partial charge in [0.05, 0.1) is 20.1 Å². The van der Waals surface area contributed by atoms with Gasteiger partial charge in [0.25, 0.3) is 0 Å². The topological polar surface area (TPSA) is 86.7 Å². The molecule has 0 radical (unpaired) electrons. The molecule has 92 valence electrons. The van der Waals surface area contributed by atoms with E-state index in [1.807, 2.05) is 6.92 Å². The van der Waals surface area contributed by atoms with Gasteiger partial charge in [0.2, 0.25) is 0 Å². The average Bonchev–Trinajstić information content (AvgIpc) is 2.27. The van der Waals surface area contributed by atoms with E-state index in [0.29, 0.717) is 0 Å². The average molecular weight is 232 g/mol. The summed E-state index contributed by atoms with van der Waals surface area (Å²) < 4.78 is 9.05. The normalized spacial score (nSPS) is 12.2. The van der Waals surface area contributed by atoms with Crippen molar-refractivity contribution in [2.24, 2.45) is 11.8 Å². The van der Waals surface area contributed by atoms with E-state index in [4.69, 9.17) is 9.59 Å². The molecule has 0 aliphatic rings. The van der Waals surface area contributed by atoms with Gasteiger partial charge in [-0.05, 0) is 5.92 Å². The molecule has 0 fully saturated rings. The molecule has 16 heavy (non-hydrogen) atoms. The fraction of sp³-hybridized carbons (Fsp3) is 0.700. The number of esters is 2. The molecule has 0 amide bonds. The van der Waals surface area contributed by atoms with Gasteiger partial charge >= 0.3 is 18.1 Å². The molecule has 6 heteroatoms. The van der Waals surface area contributed by atoms with Crippen molar-refractivity contribution < 1.29 is 28.7 Å². The van der Waals surface area contributed by atoms with Crippen LogP contribution in [0.3, 0.4) is 0 Å². The minimum atomic E-state index is -0.303. The first-order chi connectivity index (χ1) is 7.44. The fourth-order valence-electron chi connectivity index (χ4n) is 0.941. The van der Waals surface area contributed by atoms with Crippen molar-refractivity contribution >= 4 is 18.1 Å². The van der Waals surface area contributed by atoms with E-state index in [-0.39, 0.29) is 36.3 Å². The standard InChI is InChI=1S/C9H16O4.CO2/c1-6(5-8(10)12-3)7(2)9(11)13-4;2-1-3/h6-7H,5H2,1-4H3;/t6-,7?;/m1./s1. The highest BCUT2D eigenvalue weighted by Crippen LogP contribution is 2.16. The van der Waals surface area contributed by atoms with E-state index >= 15 is 0 Å². The Hall–Kier alpha value is -1.68. The summed E-state index contributed by atoms with van der Waals surface area (Å²) in [4.78, 5) is 38.2. The fourth-order valence-corrected chi connectivity index (χ4v) is 0.941. The Labute approximate surface area is 93.9 Å². The van der Waals surface area contributed by atoms with Crippen LogP contribution >= 0.6 is 0 Å². The molecule has 0 bridgehead atoms. The van der Waals surface area contributed by atoms with Crippen molar-refractivity contribution in [1.29, 1.82) is 0 Å². The van der Waals surface area contributed by atoms with E-state index in [0.717, 1.165) is 0 Å². The van der Waals surface area contributed by atoms with Crippen LogP contribution in [0, 0.1) is 11.8 Å². The van der Waals surface area contributed by atoms with Crippen LogP contribution in [-0.4, -0.2) is 32.3 Å². The van der Waals surface area contributed by atoms with Crippen molar-refractivity contribution in [1.82, 2.24) is 0 Å². The van der Waals surface area contributed by atoms with Gasteiger partial charge < -0.3 is 9.47 Å². The van der Waals surface area contributed by atoms with Crippen LogP contribution in [0.15, 0.2) is 0 Å². The van der Waals surface area contributed by atoms with Crippen LogP contribution in [-0.2, 0) is 28.7 Å². The lowest BCUT2D eigenvalue weighted by Crippen LogP contribution is -2.22. The smallest absolute Gasteiger partial charge is 0.373 e. The molecule has 0 saturated carbocycles. The Morgan fingerprint density at radius 1 is 1.12 bits per heavy atom. The molecule has 0 N–H and O–H groups in total. The van der Waals surface area contributed by atoms with Crippen LogP contribution in [0.25, 0.3) is 0 Å². The molecule has 0 rings (SSSR count). The first-order valence-electron chi connectivity index (χ1n) is 4.58. The maximum atomic E-state index is 11.0. The third kappa shape index (κ3) is 7.70. The summed E-state index contributed by atoms with van der Waals surface area (Å²) in [5.74, 6) is -0.927. The minimum Gasteiger partial charge on any atom is -0.469 e. The molecule has 0 aromatic rings. The summed E-state index contributed by atoms with van der Waals surface area (Å²) in [5.41, 5.74) is 0. The monoisotopic (exact) mass is 232 g/mol. The summed E-state index contributed by atoms with van der Waals surface area (Å²) in [6.45, 7) is 3.55. The molecule has 0 aliphatic heterocycles. The van der Waals surface area contributed by atoms with Gasteiger partial charge in [-0.15, -0.1) is 0 Å². The lowest BCUT2D eigenvalue weighted by Gasteiger charge is -2.15. The van der Waals surface area contributed by atoms with Crippen molar-refractivity contribution in [2.45, 2.75) is 20.3 Å². The second-order valence-corrected chi connectivity index (χ2v) is 3.15. The third-order valence-corrected chi connectivity index (χ3v) is 2.14. The summed E-state index contributed by atoms with van der Waals surface area (Å²) in [7, 11) is 2.67. The van der Waals surface area contributed by atoms with Crippen molar-refractivity contribution in [3.05, 3.63) is 0 Å². The van der Waals surface area contributed by atoms with Crippen molar-refractivity contribution in [3.63, 3.8) is 0 Å². The zero-order valence-corrected chi connectivity index (χ0v) is 9.81. The van der Waals surface area contributed by atoms with Gasteiger partial charge in [-0.1, -0.05) is 13.8 Å². The highest BCUT2D eigenvalue weighted by Gasteiger charge is 2.23.